The lowest BCUT2D eigenvalue weighted by molar-refractivity contribution is 0.102. The van der Waals surface area contributed by atoms with Crippen molar-refractivity contribution in [1.82, 2.24) is 5.32 Å². The smallest absolute Gasteiger partial charge is 0.0653 e. The minimum Gasteiger partial charge on any atom is -0.394 e. The van der Waals surface area contributed by atoms with Crippen LogP contribution in [0.15, 0.2) is 24.4 Å². The largest absolute Gasteiger partial charge is 0.394 e. The number of allylic oxidation sites excluding steroid dienone is 2. The predicted molar refractivity (Wildman–Crippen MR) is 48.4 cm³/mol. The number of hydrogen-bond donors (Lipinski definition) is 1. The molecule has 0 atom stereocenters. The summed E-state index contributed by atoms with van der Waals surface area (Å²) < 4.78 is 5.28. The van der Waals surface area contributed by atoms with E-state index in [1.807, 2.05) is 45.3 Å². The molecule has 2 nitrogen and oxygen atoms in total. The Balaban J connectivity index is 3.23. The Bertz CT molecular complexity index is 128. The number of rotatable bonds is 5. The molecule has 0 unspecified atom stereocenters. The number of ether oxygens (including phenoxy) is 1. The van der Waals surface area contributed by atoms with Crippen molar-refractivity contribution in [2.45, 2.75) is 20.0 Å². The summed E-state index contributed by atoms with van der Waals surface area (Å²) in [7, 11) is 1.87. The van der Waals surface area contributed by atoms with Crippen molar-refractivity contribution < 1.29 is 4.74 Å². The first-order valence-corrected chi connectivity index (χ1v) is 3.88. The zero-order valence-electron chi connectivity index (χ0n) is 7.50. The van der Waals surface area contributed by atoms with E-state index in [0.717, 1.165) is 0 Å². The van der Waals surface area contributed by atoms with Gasteiger partial charge in [-0.2, -0.15) is 0 Å². The fourth-order valence-corrected chi connectivity index (χ4v) is 0.534. The molecule has 0 heterocycles. The Hall–Kier alpha value is -0.760. The summed E-state index contributed by atoms with van der Waals surface area (Å²) in [5.74, 6) is 0. The summed E-state index contributed by atoms with van der Waals surface area (Å²) in [4.78, 5) is 0. The van der Waals surface area contributed by atoms with Gasteiger partial charge in [-0.1, -0.05) is 12.2 Å². The zero-order valence-corrected chi connectivity index (χ0v) is 7.50. The molecule has 0 aromatic heterocycles. The minimum atomic E-state index is 0.313. The van der Waals surface area contributed by atoms with Crippen molar-refractivity contribution in [3.63, 3.8) is 0 Å². The van der Waals surface area contributed by atoms with E-state index in [4.69, 9.17) is 4.74 Å². The molecule has 0 aliphatic carbocycles. The van der Waals surface area contributed by atoms with Gasteiger partial charge in [-0.3, -0.25) is 0 Å². The molecule has 0 radical (unpaired) electrons. The molecule has 0 fully saturated rings. The average Bonchev–Trinajstić information content (AvgIpc) is 1.96. The second kappa shape index (κ2) is 7.35. The molecule has 0 saturated heterocycles. The van der Waals surface area contributed by atoms with E-state index in [2.05, 4.69) is 5.32 Å². The minimum absolute atomic E-state index is 0.313. The summed E-state index contributed by atoms with van der Waals surface area (Å²) in [6, 6.07) is 0. The van der Waals surface area contributed by atoms with Crippen LogP contribution in [0, 0.1) is 0 Å². The lowest BCUT2D eigenvalue weighted by Crippen LogP contribution is -2.01. The Morgan fingerprint density at radius 3 is 2.64 bits per heavy atom. The van der Waals surface area contributed by atoms with Gasteiger partial charge in [0, 0.05) is 7.05 Å². The standard InChI is InChI=1S/C9H17NO/c1-9(2)11-8-6-4-5-7-10-3/h4-7,9-10H,8H2,1-3H3/b6-4-,7-5-. The second-order valence-corrected chi connectivity index (χ2v) is 2.46. The summed E-state index contributed by atoms with van der Waals surface area (Å²) in [6.45, 7) is 4.74. The van der Waals surface area contributed by atoms with Crippen molar-refractivity contribution in [3.05, 3.63) is 24.4 Å². The van der Waals surface area contributed by atoms with Crippen molar-refractivity contribution in [2.24, 2.45) is 0 Å². The van der Waals surface area contributed by atoms with Gasteiger partial charge in [0.25, 0.3) is 0 Å². The maximum Gasteiger partial charge on any atom is 0.0653 e. The third-order valence-electron chi connectivity index (χ3n) is 1.04. The first-order valence-electron chi connectivity index (χ1n) is 3.88. The third kappa shape index (κ3) is 9.24. The van der Waals surface area contributed by atoms with E-state index in [9.17, 15) is 0 Å². The molecule has 1 N–H and O–H groups in total. The van der Waals surface area contributed by atoms with Gasteiger partial charge in [0.15, 0.2) is 0 Å². The highest BCUT2D eigenvalue weighted by molar-refractivity contribution is 5.01. The zero-order chi connectivity index (χ0) is 8.53. The van der Waals surface area contributed by atoms with Crippen molar-refractivity contribution >= 4 is 0 Å². The lowest BCUT2D eigenvalue weighted by Gasteiger charge is -2.01. The van der Waals surface area contributed by atoms with Gasteiger partial charge in [0.1, 0.15) is 0 Å². The van der Waals surface area contributed by atoms with Gasteiger partial charge >= 0.3 is 0 Å². The topological polar surface area (TPSA) is 21.3 Å². The average molecular weight is 155 g/mol. The quantitative estimate of drug-likeness (QED) is 0.610. The number of nitrogens with one attached hydrogen (secondary N) is 1. The van der Waals surface area contributed by atoms with E-state index < -0.39 is 0 Å². The molecule has 0 spiro atoms. The van der Waals surface area contributed by atoms with Crippen LogP contribution in [-0.2, 0) is 4.74 Å². The lowest BCUT2D eigenvalue weighted by atomic mass is 10.4. The van der Waals surface area contributed by atoms with Crippen LogP contribution >= 0.6 is 0 Å². The van der Waals surface area contributed by atoms with Crippen LogP contribution < -0.4 is 5.32 Å². The van der Waals surface area contributed by atoms with Crippen molar-refractivity contribution in [1.29, 1.82) is 0 Å². The summed E-state index contributed by atoms with van der Waals surface area (Å²) >= 11 is 0. The Kier molecular flexibility index (Phi) is 6.84. The molecule has 2 heteroatoms. The summed E-state index contributed by atoms with van der Waals surface area (Å²) in [5, 5.41) is 2.89. The maximum absolute atomic E-state index is 5.28. The maximum atomic E-state index is 5.28. The monoisotopic (exact) mass is 155 g/mol. The molecule has 0 amide bonds. The second-order valence-electron chi connectivity index (χ2n) is 2.46. The normalized spacial score (nSPS) is 12.0. The highest BCUT2D eigenvalue weighted by atomic mass is 16.5. The van der Waals surface area contributed by atoms with Crippen LogP contribution in [0.2, 0.25) is 0 Å². The molecule has 0 aromatic rings. The van der Waals surface area contributed by atoms with E-state index in [1.54, 1.807) is 0 Å². The molecule has 64 valence electrons. The van der Waals surface area contributed by atoms with Gasteiger partial charge in [-0.05, 0) is 26.1 Å². The van der Waals surface area contributed by atoms with Gasteiger partial charge in [-0.25, -0.2) is 0 Å². The van der Waals surface area contributed by atoms with Gasteiger partial charge in [-0.15, -0.1) is 0 Å². The van der Waals surface area contributed by atoms with Gasteiger partial charge in [0.05, 0.1) is 12.7 Å². The molecule has 0 aliphatic heterocycles. The highest BCUT2D eigenvalue weighted by Crippen LogP contribution is 1.87. The molecular formula is C9H17NO. The fraction of sp³-hybridized carbons (Fsp3) is 0.556. The summed E-state index contributed by atoms with van der Waals surface area (Å²) in [6.07, 6.45) is 8.05. The molecule has 0 bridgehead atoms. The van der Waals surface area contributed by atoms with E-state index in [1.165, 1.54) is 0 Å². The van der Waals surface area contributed by atoms with E-state index >= 15 is 0 Å². The van der Waals surface area contributed by atoms with Gasteiger partial charge < -0.3 is 10.1 Å². The van der Waals surface area contributed by atoms with E-state index in [0.29, 0.717) is 12.7 Å². The molecule has 0 aromatic carbocycles. The Morgan fingerprint density at radius 2 is 2.09 bits per heavy atom. The van der Waals surface area contributed by atoms with Crippen LogP contribution in [0.3, 0.4) is 0 Å². The molecule has 11 heavy (non-hydrogen) atoms. The molecule has 0 rings (SSSR count). The Morgan fingerprint density at radius 1 is 1.36 bits per heavy atom. The summed E-state index contributed by atoms with van der Waals surface area (Å²) in [5.41, 5.74) is 0. The first kappa shape index (κ1) is 10.2. The molecule has 0 aliphatic rings. The van der Waals surface area contributed by atoms with E-state index in [-0.39, 0.29) is 0 Å². The van der Waals surface area contributed by atoms with Crippen molar-refractivity contribution in [3.8, 4) is 0 Å². The van der Waals surface area contributed by atoms with Crippen LogP contribution in [-0.4, -0.2) is 19.8 Å². The highest BCUT2D eigenvalue weighted by Gasteiger charge is 1.86. The first-order chi connectivity index (χ1) is 5.27. The number of hydrogen-bond acceptors (Lipinski definition) is 2. The van der Waals surface area contributed by atoms with Crippen LogP contribution in [0.4, 0.5) is 0 Å². The Labute approximate surface area is 68.9 Å². The van der Waals surface area contributed by atoms with Crippen LogP contribution in [0.25, 0.3) is 0 Å². The van der Waals surface area contributed by atoms with Crippen LogP contribution in [0.1, 0.15) is 13.8 Å². The SMILES string of the molecule is CN/C=C\C=C/COC(C)C. The van der Waals surface area contributed by atoms with Crippen LogP contribution in [0.5, 0.6) is 0 Å². The molecular weight excluding hydrogens is 138 g/mol. The predicted octanol–water partition coefficient (Wildman–Crippen LogP) is 1.70. The fourth-order valence-electron chi connectivity index (χ4n) is 0.534. The van der Waals surface area contributed by atoms with Gasteiger partial charge in [0.2, 0.25) is 0 Å². The molecule has 0 saturated carbocycles. The third-order valence-corrected chi connectivity index (χ3v) is 1.04. The van der Waals surface area contributed by atoms with Crippen molar-refractivity contribution in [2.75, 3.05) is 13.7 Å².